The molecule has 3 nitrogen and oxygen atoms in total. The smallest absolute Gasteiger partial charge is 0.0663 e. The highest BCUT2D eigenvalue weighted by molar-refractivity contribution is 7.98. The van der Waals surface area contributed by atoms with Gasteiger partial charge in [-0.2, -0.15) is 0 Å². The van der Waals surface area contributed by atoms with Gasteiger partial charge in [0.1, 0.15) is 0 Å². The van der Waals surface area contributed by atoms with E-state index in [1.165, 1.54) is 15.7 Å². The summed E-state index contributed by atoms with van der Waals surface area (Å²) in [5.74, 6) is 0. The molecule has 4 rings (SSSR count). The van der Waals surface area contributed by atoms with Gasteiger partial charge in [0.25, 0.3) is 0 Å². The van der Waals surface area contributed by atoms with Crippen molar-refractivity contribution in [3.05, 3.63) is 78.2 Å². The van der Waals surface area contributed by atoms with Crippen LogP contribution in [0.4, 0.5) is 11.4 Å². The predicted octanol–water partition coefficient (Wildman–Crippen LogP) is 5.79. The van der Waals surface area contributed by atoms with E-state index in [0.717, 1.165) is 42.0 Å². The summed E-state index contributed by atoms with van der Waals surface area (Å²) in [6.45, 7) is 0. The molecule has 2 aliphatic carbocycles. The van der Waals surface area contributed by atoms with E-state index < -0.39 is 0 Å². The molecule has 2 aromatic rings. The van der Waals surface area contributed by atoms with Crippen molar-refractivity contribution in [1.29, 1.82) is 0 Å². The van der Waals surface area contributed by atoms with Gasteiger partial charge in [-0.3, -0.25) is 0 Å². The van der Waals surface area contributed by atoms with E-state index in [9.17, 15) is 0 Å². The lowest BCUT2D eigenvalue weighted by atomic mass is 10.0. The average Bonchev–Trinajstić information content (AvgIpc) is 2.71. The molecule has 0 heterocycles. The first-order valence-corrected chi connectivity index (χ1v) is 10.6. The minimum absolute atomic E-state index is 0.236. The Bertz CT molecular complexity index is 969. The number of thioether (sulfide) groups is 1. The fraction of sp³-hybridized carbons (Fsp3) is 0.217. The first kappa shape index (κ1) is 17.8. The van der Waals surface area contributed by atoms with Crippen molar-refractivity contribution in [2.24, 2.45) is 5.73 Å². The van der Waals surface area contributed by atoms with Crippen LogP contribution in [-0.4, -0.2) is 12.3 Å². The monoisotopic (exact) mass is 375 g/mol. The summed E-state index contributed by atoms with van der Waals surface area (Å²) in [5, 5.41) is 9.82. The summed E-state index contributed by atoms with van der Waals surface area (Å²) >= 11 is 1.77. The predicted molar refractivity (Wildman–Crippen MR) is 119 cm³/mol. The van der Waals surface area contributed by atoms with Crippen molar-refractivity contribution < 1.29 is 0 Å². The molecule has 0 aromatic heterocycles. The van der Waals surface area contributed by atoms with Gasteiger partial charge in [0, 0.05) is 27.7 Å². The van der Waals surface area contributed by atoms with Gasteiger partial charge in [0.15, 0.2) is 0 Å². The molecular formula is C23H25N3S. The Morgan fingerprint density at radius 1 is 1.07 bits per heavy atom. The third kappa shape index (κ3) is 4.06. The molecule has 2 aromatic carbocycles. The standard InChI is InChI=1S/C23H25N3S/c1-27-20-12-13-21-16(15-20)7-14-22(25-18-5-3-2-4-6-18)23(21)26-19-10-8-17(24)9-11-19/h3,5-10,12-15,19,25-26H,2,4,11,24H2,1H3. The molecule has 27 heavy (non-hydrogen) atoms. The van der Waals surface area contributed by atoms with Crippen LogP contribution in [0.1, 0.15) is 19.3 Å². The molecule has 0 fully saturated rings. The summed E-state index contributed by atoms with van der Waals surface area (Å²) in [5.41, 5.74) is 10.1. The lowest BCUT2D eigenvalue weighted by molar-refractivity contribution is 0.873. The molecule has 138 valence electrons. The number of fused-ring (bicyclic) bond motifs is 1. The van der Waals surface area contributed by atoms with Crippen LogP contribution < -0.4 is 16.4 Å². The maximum Gasteiger partial charge on any atom is 0.0663 e. The second-order valence-corrected chi connectivity index (χ2v) is 7.77. The Balaban J connectivity index is 1.73. The minimum atomic E-state index is 0.236. The van der Waals surface area contributed by atoms with E-state index in [0.29, 0.717) is 0 Å². The quantitative estimate of drug-likeness (QED) is 0.579. The van der Waals surface area contributed by atoms with Gasteiger partial charge in [-0.15, -0.1) is 11.8 Å². The fourth-order valence-electron chi connectivity index (χ4n) is 3.49. The number of benzene rings is 2. The fourth-order valence-corrected chi connectivity index (χ4v) is 3.93. The Hall–Kier alpha value is -2.59. The molecule has 0 saturated heterocycles. The molecular weight excluding hydrogens is 350 g/mol. The van der Waals surface area contributed by atoms with Crippen LogP contribution in [-0.2, 0) is 0 Å². The minimum Gasteiger partial charge on any atom is -0.399 e. The summed E-state index contributed by atoms with van der Waals surface area (Å²) < 4.78 is 0. The van der Waals surface area contributed by atoms with E-state index in [4.69, 9.17) is 5.73 Å². The Morgan fingerprint density at radius 2 is 2.00 bits per heavy atom. The van der Waals surface area contributed by atoms with Crippen molar-refractivity contribution in [2.45, 2.75) is 30.2 Å². The highest BCUT2D eigenvalue weighted by atomic mass is 32.2. The molecule has 4 heteroatoms. The lowest BCUT2D eigenvalue weighted by Gasteiger charge is -2.23. The third-order valence-corrected chi connectivity index (χ3v) is 5.68. The molecule has 1 atom stereocenters. The van der Waals surface area contributed by atoms with Gasteiger partial charge in [0.2, 0.25) is 0 Å². The van der Waals surface area contributed by atoms with Crippen LogP contribution in [0.2, 0.25) is 0 Å². The molecule has 0 bridgehead atoms. The van der Waals surface area contributed by atoms with Crippen LogP contribution in [0.25, 0.3) is 10.8 Å². The van der Waals surface area contributed by atoms with Gasteiger partial charge in [-0.1, -0.05) is 36.4 Å². The summed E-state index contributed by atoms with van der Waals surface area (Å²) in [6, 6.07) is 11.3. The van der Waals surface area contributed by atoms with Crippen molar-refractivity contribution in [3.8, 4) is 0 Å². The maximum atomic E-state index is 5.88. The van der Waals surface area contributed by atoms with Crippen LogP contribution in [0, 0.1) is 0 Å². The molecule has 0 aliphatic heterocycles. The molecule has 0 amide bonds. The van der Waals surface area contributed by atoms with Crippen LogP contribution in [0.15, 0.2) is 83.1 Å². The van der Waals surface area contributed by atoms with Crippen LogP contribution >= 0.6 is 11.8 Å². The first-order chi connectivity index (χ1) is 13.2. The topological polar surface area (TPSA) is 50.1 Å². The van der Waals surface area contributed by atoms with Gasteiger partial charge in [0.05, 0.1) is 11.4 Å². The number of anilines is 2. The number of nitrogens with one attached hydrogen (secondary N) is 2. The largest absolute Gasteiger partial charge is 0.399 e. The highest BCUT2D eigenvalue weighted by Crippen LogP contribution is 2.35. The van der Waals surface area contributed by atoms with Gasteiger partial charge >= 0.3 is 0 Å². The number of hydrogen-bond donors (Lipinski definition) is 3. The molecule has 4 N–H and O–H groups in total. The normalized spacial score (nSPS) is 18.9. The van der Waals surface area contributed by atoms with Crippen molar-refractivity contribution in [2.75, 3.05) is 16.9 Å². The third-order valence-electron chi connectivity index (χ3n) is 4.96. The Kier molecular flexibility index (Phi) is 5.26. The summed E-state index contributed by atoms with van der Waals surface area (Å²) in [4.78, 5) is 1.28. The molecule has 0 radical (unpaired) electrons. The van der Waals surface area contributed by atoms with Crippen molar-refractivity contribution in [3.63, 3.8) is 0 Å². The summed E-state index contributed by atoms with van der Waals surface area (Å²) in [6.07, 6.45) is 18.1. The SMILES string of the molecule is CSc1ccc2c(NC3C=CC(N)=CC3)c(NC3=CCCC=C3)ccc2c1. The zero-order valence-electron chi connectivity index (χ0n) is 15.5. The number of nitrogens with two attached hydrogens (primary N) is 1. The number of rotatable bonds is 5. The second-order valence-electron chi connectivity index (χ2n) is 6.89. The number of hydrogen-bond acceptors (Lipinski definition) is 4. The molecule has 0 saturated carbocycles. The molecule has 2 aliphatic rings. The maximum absolute atomic E-state index is 5.88. The number of allylic oxidation sites excluding steroid dienone is 4. The van der Waals surface area contributed by atoms with Crippen LogP contribution in [0.3, 0.4) is 0 Å². The Morgan fingerprint density at radius 3 is 2.74 bits per heavy atom. The molecule has 0 spiro atoms. The molecule has 1 unspecified atom stereocenters. The van der Waals surface area contributed by atoms with Crippen molar-refractivity contribution >= 4 is 33.9 Å². The van der Waals surface area contributed by atoms with Crippen molar-refractivity contribution in [1.82, 2.24) is 0 Å². The van der Waals surface area contributed by atoms with E-state index >= 15 is 0 Å². The second kappa shape index (κ2) is 7.97. The van der Waals surface area contributed by atoms with E-state index in [-0.39, 0.29) is 6.04 Å². The Labute approximate surface area is 165 Å². The van der Waals surface area contributed by atoms with Gasteiger partial charge in [-0.25, -0.2) is 0 Å². The first-order valence-electron chi connectivity index (χ1n) is 9.38. The van der Waals surface area contributed by atoms with E-state index in [1.54, 1.807) is 11.8 Å². The van der Waals surface area contributed by atoms with Gasteiger partial charge < -0.3 is 16.4 Å². The van der Waals surface area contributed by atoms with Gasteiger partial charge in [-0.05, 0) is 61.3 Å². The van der Waals surface area contributed by atoms with Crippen LogP contribution in [0.5, 0.6) is 0 Å². The zero-order valence-corrected chi connectivity index (χ0v) is 16.4. The zero-order chi connectivity index (χ0) is 18.6. The lowest BCUT2D eigenvalue weighted by Crippen LogP contribution is -2.20. The highest BCUT2D eigenvalue weighted by Gasteiger charge is 2.14. The average molecular weight is 376 g/mol. The summed E-state index contributed by atoms with van der Waals surface area (Å²) in [7, 11) is 0. The van der Waals surface area contributed by atoms with E-state index in [1.807, 2.05) is 6.08 Å². The van der Waals surface area contributed by atoms with E-state index in [2.05, 4.69) is 77.6 Å².